The van der Waals surface area contributed by atoms with Crippen LogP contribution >= 0.6 is 0 Å². The molecule has 4 rings (SSSR count). The van der Waals surface area contributed by atoms with Crippen LogP contribution in [0.1, 0.15) is 22.3 Å². The smallest absolute Gasteiger partial charge is 0.0694 e. The lowest BCUT2D eigenvalue weighted by Crippen LogP contribution is -2.19. The van der Waals surface area contributed by atoms with Crippen LogP contribution in [0.4, 0.5) is 0 Å². The molecule has 0 heterocycles. The van der Waals surface area contributed by atoms with Crippen LogP contribution in [0.15, 0.2) is 66.7 Å². The first-order valence-corrected chi connectivity index (χ1v) is 9.19. The second-order valence-electron chi connectivity index (χ2n) is 5.98. The Labute approximate surface area is 150 Å². The van der Waals surface area contributed by atoms with Crippen LogP contribution in [-0.4, -0.2) is 14.3 Å². The van der Waals surface area contributed by atoms with E-state index in [9.17, 15) is 0 Å². The second-order valence-corrected chi connectivity index (χ2v) is 7.35. The summed E-state index contributed by atoms with van der Waals surface area (Å²) in [4.78, 5) is 0. The SMILES string of the molecule is C#Cc1cccc2cc3c(c(C#C)c12)CC=CC3=[Si]c1ccccc1. The molecule has 0 atom stereocenters. The van der Waals surface area contributed by atoms with Crippen molar-refractivity contribution in [1.29, 1.82) is 0 Å². The Morgan fingerprint density at radius 3 is 2.52 bits per heavy atom. The number of terminal acetylenes is 2. The highest BCUT2D eigenvalue weighted by Gasteiger charge is 2.17. The second kappa shape index (κ2) is 6.40. The molecule has 25 heavy (non-hydrogen) atoms. The van der Waals surface area contributed by atoms with Crippen LogP contribution in [-0.2, 0) is 6.42 Å². The molecule has 0 amide bonds. The number of rotatable bonds is 1. The van der Waals surface area contributed by atoms with Gasteiger partial charge in [0, 0.05) is 16.5 Å². The van der Waals surface area contributed by atoms with Crippen molar-refractivity contribution in [2.75, 3.05) is 0 Å². The minimum atomic E-state index is 0.608. The summed E-state index contributed by atoms with van der Waals surface area (Å²) in [5, 5.41) is 4.81. The van der Waals surface area contributed by atoms with Crippen molar-refractivity contribution in [3.05, 3.63) is 89.0 Å². The predicted molar refractivity (Wildman–Crippen MR) is 109 cm³/mol. The van der Waals surface area contributed by atoms with Gasteiger partial charge in [-0.25, -0.2) is 0 Å². The van der Waals surface area contributed by atoms with Gasteiger partial charge < -0.3 is 0 Å². The third-order valence-electron chi connectivity index (χ3n) is 4.52. The third kappa shape index (κ3) is 2.66. The van der Waals surface area contributed by atoms with Gasteiger partial charge in [0.15, 0.2) is 0 Å². The minimum Gasteiger partial charge on any atom is -0.115 e. The molecule has 0 unspecified atom stereocenters. The molecule has 3 aromatic rings. The molecule has 0 nitrogen and oxygen atoms in total. The summed E-state index contributed by atoms with van der Waals surface area (Å²) >= 11 is 0. The van der Waals surface area contributed by atoms with E-state index in [1.807, 2.05) is 12.1 Å². The molecule has 0 N–H and O–H groups in total. The van der Waals surface area contributed by atoms with Gasteiger partial charge in [0.25, 0.3) is 0 Å². The number of benzene rings is 3. The Morgan fingerprint density at radius 2 is 1.76 bits per heavy atom. The molecule has 0 spiro atoms. The monoisotopic (exact) mass is 331 g/mol. The molecule has 1 heteroatoms. The summed E-state index contributed by atoms with van der Waals surface area (Å²) in [6.45, 7) is 0. The average molecular weight is 331 g/mol. The Hall–Kier alpha value is -3.13. The highest BCUT2D eigenvalue weighted by molar-refractivity contribution is 6.71. The first-order chi connectivity index (χ1) is 12.3. The number of fused-ring (bicyclic) bond motifs is 2. The van der Waals surface area contributed by atoms with Gasteiger partial charge in [0.1, 0.15) is 0 Å². The summed E-state index contributed by atoms with van der Waals surface area (Å²) < 4.78 is 0. The summed E-state index contributed by atoms with van der Waals surface area (Å²) in [6, 6.07) is 18.9. The first-order valence-electron chi connectivity index (χ1n) is 8.19. The molecule has 0 aliphatic heterocycles. The van der Waals surface area contributed by atoms with E-state index in [4.69, 9.17) is 12.8 Å². The fraction of sp³-hybridized carbons (Fsp3) is 0.0417. The van der Waals surface area contributed by atoms with E-state index in [2.05, 4.69) is 66.5 Å². The fourth-order valence-electron chi connectivity index (χ4n) is 3.40. The van der Waals surface area contributed by atoms with Gasteiger partial charge in [-0.2, -0.15) is 0 Å². The van der Waals surface area contributed by atoms with Gasteiger partial charge in [-0.1, -0.05) is 66.5 Å². The molecule has 1 aliphatic carbocycles. The van der Waals surface area contributed by atoms with E-state index < -0.39 is 0 Å². The molecule has 1 aliphatic rings. The first kappa shape index (κ1) is 15.4. The lowest BCUT2D eigenvalue weighted by molar-refractivity contribution is 1.24. The van der Waals surface area contributed by atoms with E-state index in [0.29, 0.717) is 9.13 Å². The van der Waals surface area contributed by atoms with Crippen molar-refractivity contribution in [3.63, 3.8) is 0 Å². The van der Waals surface area contributed by atoms with E-state index in [0.717, 1.165) is 28.3 Å². The zero-order chi connectivity index (χ0) is 17.2. The lowest BCUT2D eigenvalue weighted by atomic mass is 9.86. The van der Waals surface area contributed by atoms with Crippen molar-refractivity contribution in [2.24, 2.45) is 0 Å². The van der Waals surface area contributed by atoms with Crippen LogP contribution in [0.25, 0.3) is 10.8 Å². The molecular formula is C24H15Si. The Kier molecular flexibility index (Phi) is 3.94. The molecule has 1 radical (unpaired) electrons. The quantitative estimate of drug-likeness (QED) is 0.473. The number of hydrogen-bond acceptors (Lipinski definition) is 0. The zero-order valence-electron chi connectivity index (χ0n) is 13.7. The van der Waals surface area contributed by atoms with Crippen LogP contribution < -0.4 is 5.19 Å². The van der Waals surface area contributed by atoms with Gasteiger partial charge >= 0.3 is 0 Å². The standard InChI is InChI=1S/C24H15Si/c1-3-17-10-8-11-18-16-22-21(20(4-2)24(17)18)14-9-15-23(22)25-19-12-6-5-7-13-19/h1-2,5-13,15-16H,14H2. The van der Waals surface area contributed by atoms with Crippen LogP contribution in [0.3, 0.4) is 0 Å². The van der Waals surface area contributed by atoms with E-state index in [1.165, 1.54) is 21.5 Å². The van der Waals surface area contributed by atoms with Gasteiger partial charge in [0.05, 0.1) is 9.13 Å². The molecule has 0 fully saturated rings. The average Bonchev–Trinajstić information content (AvgIpc) is 2.67. The molecule has 0 bridgehead atoms. The van der Waals surface area contributed by atoms with E-state index in [-0.39, 0.29) is 0 Å². The van der Waals surface area contributed by atoms with Crippen molar-refractivity contribution in [1.82, 2.24) is 0 Å². The van der Waals surface area contributed by atoms with Crippen molar-refractivity contribution in [3.8, 4) is 24.7 Å². The molecule has 115 valence electrons. The molecule has 3 aromatic carbocycles. The highest BCUT2D eigenvalue weighted by Crippen LogP contribution is 2.31. The number of allylic oxidation sites excluding steroid dienone is 2. The summed E-state index contributed by atoms with van der Waals surface area (Å²) in [6.07, 6.45) is 16.9. The third-order valence-corrected chi connectivity index (χ3v) is 5.85. The Bertz CT molecular complexity index is 1120. The topological polar surface area (TPSA) is 0 Å². The van der Waals surface area contributed by atoms with Gasteiger partial charge in [-0.15, -0.1) is 12.8 Å². The maximum Gasteiger partial charge on any atom is 0.0694 e. The van der Waals surface area contributed by atoms with E-state index in [1.54, 1.807) is 0 Å². The summed E-state index contributed by atoms with van der Waals surface area (Å²) in [7, 11) is 0.608. The van der Waals surface area contributed by atoms with Crippen LogP contribution in [0, 0.1) is 24.7 Å². The Morgan fingerprint density at radius 1 is 0.920 bits per heavy atom. The zero-order valence-corrected chi connectivity index (χ0v) is 14.7. The summed E-state index contributed by atoms with van der Waals surface area (Å²) in [5.74, 6) is 5.70. The maximum absolute atomic E-state index is 5.91. The molecular weight excluding hydrogens is 316 g/mol. The van der Waals surface area contributed by atoms with E-state index >= 15 is 0 Å². The molecule has 0 saturated carbocycles. The number of hydrogen-bond donors (Lipinski definition) is 0. The largest absolute Gasteiger partial charge is 0.115 e. The van der Waals surface area contributed by atoms with Crippen molar-refractivity contribution < 1.29 is 0 Å². The summed E-state index contributed by atoms with van der Waals surface area (Å²) in [5.41, 5.74) is 4.30. The van der Waals surface area contributed by atoms with Gasteiger partial charge in [-0.05, 0) is 45.4 Å². The maximum atomic E-state index is 5.91. The fourth-order valence-corrected chi connectivity index (χ4v) is 4.63. The van der Waals surface area contributed by atoms with Crippen LogP contribution in [0.5, 0.6) is 0 Å². The normalized spacial score (nSPS) is 14.1. The van der Waals surface area contributed by atoms with Crippen LogP contribution in [0.2, 0.25) is 0 Å². The Balaban J connectivity index is 2.02. The lowest BCUT2D eigenvalue weighted by Gasteiger charge is -2.19. The predicted octanol–water partition coefficient (Wildman–Crippen LogP) is 3.46. The van der Waals surface area contributed by atoms with Crippen molar-refractivity contribution in [2.45, 2.75) is 6.42 Å². The molecule has 0 aromatic heterocycles. The van der Waals surface area contributed by atoms with Crippen molar-refractivity contribution >= 4 is 30.3 Å². The molecule has 0 saturated heterocycles. The highest BCUT2D eigenvalue weighted by atomic mass is 28.2. The van der Waals surface area contributed by atoms with Gasteiger partial charge in [0.2, 0.25) is 0 Å². The minimum absolute atomic E-state index is 0.608. The van der Waals surface area contributed by atoms with Gasteiger partial charge in [-0.3, -0.25) is 0 Å².